The molecule has 3 heteroatoms. The number of hydrogen-bond donors (Lipinski definition) is 2. The monoisotopic (exact) mass is 217 g/mol. The summed E-state index contributed by atoms with van der Waals surface area (Å²) >= 11 is 0. The van der Waals surface area contributed by atoms with Crippen molar-refractivity contribution in [3.05, 3.63) is 36.0 Å². The minimum atomic E-state index is 0.986. The third-order valence-electron chi connectivity index (χ3n) is 2.86. The number of rotatable bonds is 5. The van der Waals surface area contributed by atoms with Crippen LogP contribution in [0.4, 0.5) is 0 Å². The number of aromatic nitrogens is 1. The largest absolute Gasteiger partial charge is 0.361 e. The second kappa shape index (κ2) is 5.14. The number of likely N-dealkylation sites (N-methyl/N-ethyl adjacent to an activating group) is 2. The maximum absolute atomic E-state index is 3.31. The zero-order chi connectivity index (χ0) is 11.4. The van der Waals surface area contributed by atoms with E-state index in [1.165, 1.54) is 16.5 Å². The van der Waals surface area contributed by atoms with Crippen LogP contribution in [0.2, 0.25) is 0 Å². The molecule has 0 saturated carbocycles. The van der Waals surface area contributed by atoms with Gasteiger partial charge in [-0.05, 0) is 31.1 Å². The van der Waals surface area contributed by atoms with Gasteiger partial charge in [0.2, 0.25) is 0 Å². The number of hydrogen-bond acceptors (Lipinski definition) is 2. The highest BCUT2D eigenvalue weighted by Crippen LogP contribution is 2.17. The smallest absolute Gasteiger partial charge is 0.0499 e. The third-order valence-corrected chi connectivity index (χ3v) is 2.86. The molecule has 1 aromatic carbocycles. The van der Waals surface area contributed by atoms with Crippen molar-refractivity contribution in [2.24, 2.45) is 0 Å². The quantitative estimate of drug-likeness (QED) is 0.800. The molecule has 2 N–H and O–H groups in total. The van der Waals surface area contributed by atoms with Gasteiger partial charge in [-0.2, -0.15) is 0 Å². The topological polar surface area (TPSA) is 31.1 Å². The molecule has 0 aliphatic heterocycles. The first-order chi connectivity index (χ1) is 7.81. The number of H-pyrrole nitrogens is 1. The summed E-state index contributed by atoms with van der Waals surface area (Å²) in [5.74, 6) is 0. The van der Waals surface area contributed by atoms with E-state index in [-0.39, 0.29) is 0 Å². The van der Waals surface area contributed by atoms with Crippen LogP contribution in [0.5, 0.6) is 0 Å². The summed E-state index contributed by atoms with van der Waals surface area (Å²) in [5, 5.41) is 4.46. The Kier molecular flexibility index (Phi) is 3.59. The molecule has 16 heavy (non-hydrogen) atoms. The van der Waals surface area contributed by atoms with Gasteiger partial charge in [0, 0.05) is 31.3 Å². The molecule has 0 aliphatic rings. The molecule has 0 spiro atoms. The molecule has 1 aromatic heterocycles. The fraction of sp³-hybridized carbons (Fsp3) is 0.385. The van der Waals surface area contributed by atoms with E-state index in [2.05, 4.69) is 46.5 Å². The summed E-state index contributed by atoms with van der Waals surface area (Å²) in [6.45, 7) is 3.07. The van der Waals surface area contributed by atoms with Gasteiger partial charge in [0.25, 0.3) is 0 Å². The van der Waals surface area contributed by atoms with E-state index in [1.807, 2.05) is 13.2 Å². The number of nitrogens with zero attached hydrogens (tertiary/aromatic N) is 1. The average molecular weight is 217 g/mol. The van der Waals surface area contributed by atoms with Gasteiger partial charge in [-0.3, -0.25) is 0 Å². The Morgan fingerprint density at radius 2 is 2.19 bits per heavy atom. The second-order valence-corrected chi connectivity index (χ2v) is 4.20. The van der Waals surface area contributed by atoms with Crippen LogP contribution in [-0.4, -0.2) is 37.1 Å². The van der Waals surface area contributed by atoms with Crippen molar-refractivity contribution in [2.45, 2.75) is 6.54 Å². The van der Waals surface area contributed by atoms with Gasteiger partial charge in [-0.25, -0.2) is 0 Å². The first kappa shape index (κ1) is 11.2. The predicted molar refractivity (Wildman–Crippen MR) is 68.6 cm³/mol. The maximum Gasteiger partial charge on any atom is 0.0499 e. The Morgan fingerprint density at radius 1 is 1.31 bits per heavy atom. The van der Waals surface area contributed by atoms with Crippen molar-refractivity contribution in [1.29, 1.82) is 0 Å². The summed E-state index contributed by atoms with van der Waals surface area (Å²) < 4.78 is 0. The highest BCUT2D eigenvalue weighted by molar-refractivity contribution is 5.82. The maximum atomic E-state index is 3.31. The summed E-state index contributed by atoms with van der Waals surface area (Å²) in [7, 11) is 4.14. The highest BCUT2D eigenvalue weighted by atomic mass is 15.1. The predicted octanol–water partition coefficient (Wildman–Crippen LogP) is 1.82. The van der Waals surface area contributed by atoms with Crippen LogP contribution in [0.3, 0.4) is 0 Å². The molecule has 0 bridgehead atoms. The van der Waals surface area contributed by atoms with Crippen LogP contribution in [0.1, 0.15) is 5.56 Å². The summed E-state index contributed by atoms with van der Waals surface area (Å²) in [4.78, 5) is 5.63. The molecule has 2 rings (SSSR count). The SMILES string of the molecule is CNCCN(C)Cc1cccc2cc[nH]c12. The Balaban J connectivity index is 2.11. The van der Waals surface area contributed by atoms with E-state index in [1.54, 1.807) is 0 Å². The number of para-hydroxylation sites is 1. The normalized spacial score (nSPS) is 11.4. The van der Waals surface area contributed by atoms with Crippen molar-refractivity contribution in [3.63, 3.8) is 0 Å². The Hall–Kier alpha value is -1.32. The van der Waals surface area contributed by atoms with E-state index >= 15 is 0 Å². The van der Waals surface area contributed by atoms with E-state index in [4.69, 9.17) is 0 Å². The number of aromatic amines is 1. The van der Waals surface area contributed by atoms with E-state index in [0.29, 0.717) is 0 Å². The molecule has 1 heterocycles. The van der Waals surface area contributed by atoms with Crippen molar-refractivity contribution < 1.29 is 0 Å². The van der Waals surface area contributed by atoms with Gasteiger partial charge in [-0.15, -0.1) is 0 Å². The standard InChI is InChI=1S/C13H19N3/c1-14-8-9-16(2)10-12-5-3-4-11-6-7-15-13(11)12/h3-7,14-15H,8-10H2,1-2H3. The van der Waals surface area contributed by atoms with Crippen LogP contribution >= 0.6 is 0 Å². The molecule has 0 amide bonds. The molecule has 3 nitrogen and oxygen atoms in total. The lowest BCUT2D eigenvalue weighted by Crippen LogP contribution is -2.27. The summed E-state index contributed by atoms with van der Waals surface area (Å²) in [5.41, 5.74) is 2.62. The highest BCUT2D eigenvalue weighted by Gasteiger charge is 2.04. The Morgan fingerprint density at radius 3 is 3.00 bits per heavy atom. The number of nitrogens with one attached hydrogen (secondary N) is 2. The van der Waals surface area contributed by atoms with Gasteiger partial charge in [0.1, 0.15) is 0 Å². The van der Waals surface area contributed by atoms with E-state index in [9.17, 15) is 0 Å². The van der Waals surface area contributed by atoms with E-state index < -0.39 is 0 Å². The molecule has 0 atom stereocenters. The van der Waals surface area contributed by atoms with Gasteiger partial charge < -0.3 is 15.2 Å². The second-order valence-electron chi connectivity index (χ2n) is 4.20. The lowest BCUT2D eigenvalue weighted by Gasteiger charge is -2.16. The number of benzene rings is 1. The molecule has 0 radical (unpaired) electrons. The first-order valence-corrected chi connectivity index (χ1v) is 5.69. The minimum Gasteiger partial charge on any atom is -0.361 e. The molecule has 2 aromatic rings. The fourth-order valence-electron chi connectivity index (χ4n) is 1.95. The zero-order valence-corrected chi connectivity index (χ0v) is 9.96. The van der Waals surface area contributed by atoms with Gasteiger partial charge in [-0.1, -0.05) is 18.2 Å². The Bertz CT molecular complexity index is 447. The van der Waals surface area contributed by atoms with Crippen LogP contribution in [0.15, 0.2) is 30.5 Å². The van der Waals surface area contributed by atoms with Crippen LogP contribution in [0, 0.1) is 0 Å². The molecule has 0 saturated heterocycles. The van der Waals surface area contributed by atoms with Crippen molar-refractivity contribution in [2.75, 3.05) is 27.2 Å². The zero-order valence-electron chi connectivity index (χ0n) is 9.96. The Labute approximate surface area is 96.5 Å². The van der Waals surface area contributed by atoms with Crippen LogP contribution < -0.4 is 5.32 Å². The van der Waals surface area contributed by atoms with Gasteiger partial charge >= 0.3 is 0 Å². The van der Waals surface area contributed by atoms with Crippen molar-refractivity contribution >= 4 is 10.9 Å². The molecule has 86 valence electrons. The fourth-order valence-corrected chi connectivity index (χ4v) is 1.95. The summed E-state index contributed by atoms with van der Waals surface area (Å²) in [6, 6.07) is 8.57. The molecule has 0 aliphatic carbocycles. The molecule has 0 unspecified atom stereocenters. The van der Waals surface area contributed by atoms with Crippen molar-refractivity contribution in [3.8, 4) is 0 Å². The first-order valence-electron chi connectivity index (χ1n) is 5.69. The lowest BCUT2D eigenvalue weighted by atomic mass is 10.1. The van der Waals surface area contributed by atoms with Gasteiger partial charge in [0.15, 0.2) is 0 Å². The molecular weight excluding hydrogens is 198 g/mol. The summed E-state index contributed by atoms with van der Waals surface area (Å²) in [6.07, 6.45) is 2.00. The lowest BCUT2D eigenvalue weighted by molar-refractivity contribution is 0.329. The third kappa shape index (κ3) is 2.43. The van der Waals surface area contributed by atoms with Crippen LogP contribution in [-0.2, 0) is 6.54 Å². The molecule has 0 fully saturated rings. The average Bonchev–Trinajstić information content (AvgIpc) is 2.75. The minimum absolute atomic E-state index is 0.986. The van der Waals surface area contributed by atoms with Crippen LogP contribution in [0.25, 0.3) is 10.9 Å². The van der Waals surface area contributed by atoms with E-state index in [0.717, 1.165) is 19.6 Å². The van der Waals surface area contributed by atoms with Crippen molar-refractivity contribution in [1.82, 2.24) is 15.2 Å². The van der Waals surface area contributed by atoms with Gasteiger partial charge in [0.05, 0.1) is 0 Å². The molecular formula is C13H19N3. The number of fused-ring (bicyclic) bond motifs is 1.